The summed E-state index contributed by atoms with van der Waals surface area (Å²) < 4.78 is 5.26. The topological polar surface area (TPSA) is 38.5 Å². The Hall–Kier alpha value is -1.06. The second-order valence-corrected chi connectivity index (χ2v) is 6.33. The van der Waals surface area contributed by atoms with Gasteiger partial charge < -0.3 is 15.4 Å². The van der Waals surface area contributed by atoms with Gasteiger partial charge in [0, 0.05) is 6.54 Å². The van der Waals surface area contributed by atoms with Crippen LogP contribution in [0.5, 0.6) is 5.75 Å². The van der Waals surface area contributed by atoms with E-state index in [1.807, 2.05) is 12.1 Å². The molecule has 1 atom stereocenters. The Balaban J connectivity index is 2.13. The summed E-state index contributed by atoms with van der Waals surface area (Å²) in [7, 11) is 1.70. The molecule has 2 N–H and O–H groups in total. The van der Waals surface area contributed by atoms with Crippen molar-refractivity contribution in [2.45, 2.75) is 51.0 Å². The van der Waals surface area contributed by atoms with Crippen LogP contribution in [0.2, 0.25) is 0 Å². The molecule has 1 heterocycles. The lowest BCUT2D eigenvalue weighted by molar-refractivity contribution is 0.170. The highest BCUT2D eigenvalue weighted by atomic mass is 16.5. The molecule has 0 radical (unpaired) electrons. The Morgan fingerprint density at radius 2 is 1.81 bits per heavy atom. The van der Waals surface area contributed by atoms with Crippen molar-refractivity contribution < 1.29 is 4.74 Å². The first kappa shape index (κ1) is 16.3. The van der Waals surface area contributed by atoms with Gasteiger partial charge in [-0.25, -0.2) is 0 Å². The first-order valence-corrected chi connectivity index (χ1v) is 8.34. The van der Waals surface area contributed by atoms with Crippen LogP contribution >= 0.6 is 0 Å². The van der Waals surface area contributed by atoms with E-state index >= 15 is 0 Å². The van der Waals surface area contributed by atoms with Crippen molar-refractivity contribution in [2.75, 3.05) is 26.7 Å². The highest BCUT2D eigenvalue weighted by molar-refractivity contribution is 5.32. The van der Waals surface area contributed by atoms with E-state index in [1.54, 1.807) is 7.11 Å². The van der Waals surface area contributed by atoms with Gasteiger partial charge in [-0.05, 0) is 50.0 Å². The molecule has 3 nitrogen and oxygen atoms in total. The fraction of sp³-hybridized carbons (Fsp3) is 0.667. The first-order valence-electron chi connectivity index (χ1n) is 8.34. The van der Waals surface area contributed by atoms with Crippen LogP contribution in [-0.2, 0) is 5.54 Å². The van der Waals surface area contributed by atoms with Gasteiger partial charge in [0.1, 0.15) is 5.75 Å². The maximum atomic E-state index is 6.85. The number of piperidine rings is 1. The third-order valence-electron chi connectivity index (χ3n) is 4.60. The molecule has 1 aliphatic rings. The van der Waals surface area contributed by atoms with E-state index in [0.29, 0.717) is 0 Å². The Bertz CT molecular complexity index is 412. The number of likely N-dealkylation sites (tertiary alicyclic amines) is 1. The van der Waals surface area contributed by atoms with Gasteiger partial charge in [-0.3, -0.25) is 0 Å². The third-order valence-corrected chi connectivity index (χ3v) is 4.60. The predicted octanol–water partition coefficient (Wildman–Crippen LogP) is 3.53. The summed E-state index contributed by atoms with van der Waals surface area (Å²) in [4.78, 5) is 2.55. The van der Waals surface area contributed by atoms with E-state index in [1.165, 1.54) is 50.8 Å². The summed E-state index contributed by atoms with van der Waals surface area (Å²) in [6.45, 7) is 5.59. The number of nitrogens with two attached hydrogens (primary N) is 1. The van der Waals surface area contributed by atoms with E-state index in [4.69, 9.17) is 10.5 Å². The molecule has 3 heteroatoms. The van der Waals surface area contributed by atoms with Crippen LogP contribution in [0.3, 0.4) is 0 Å². The molecule has 0 aliphatic carbocycles. The van der Waals surface area contributed by atoms with E-state index in [2.05, 4.69) is 24.0 Å². The summed E-state index contributed by atoms with van der Waals surface area (Å²) in [5, 5.41) is 0. The summed E-state index contributed by atoms with van der Waals surface area (Å²) in [5.41, 5.74) is 7.85. The zero-order valence-corrected chi connectivity index (χ0v) is 13.6. The Kier molecular flexibility index (Phi) is 6.07. The lowest BCUT2D eigenvalue weighted by Crippen LogP contribution is -2.49. The van der Waals surface area contributed by atoms with Crippen LogP contribution in [0.25, 0.3) is 0 Å². The SMILES string of the molecule is CCCCC(N)(CN1CCCCC1)c1ccc(OC)cc1. The predicted molar refractivity (Wildman–Crippen MR) is 88.7 cm³/mol. The fourth-order valence-corrected chi connectivity index (χ4v) is 3.25. The number of benzene rings is 1. The fourth-order valence-electron chi connectivity index (χ4n) is 3.25. The minimum atomic E-state index is -0.236. The molecule has 21 heavy (non-hydrogen) atoms. The monoisotopic (exact) mass is 290 g/mol. The van der Waals surface area contributed by atoms with E-state index in [9.17, 15) is 0 Å². The number of methoxy groups -OCH3 is 1. The van der Waals surface area contributed by atoms with Gasteiger partial charge in [0.2, 0.25) is 0 Å². The lowest BCUT2D eigenvalue weighted by Gasteiger charge is -2.38. The Morgan fingerprint density at radius 3 is 2.38 bits per heavy atom. The number of unbranched alkanes of at least 4 members (excludes halogenated alkanes) is 1. The molecule has 1 fully saturated rings. The average Bonchev–Trinajstić information content (AvgIpc) is 2.54. The van der Waals surface area contributed by atoms with Gasteiger partial charge >= 0.3 is 0 Å². The van der Waals surface area contributed by atoms with E-state index in [-0.39, 0.29) is 5.54 Å². The molecule has 0 spiro atoms. The van der Waals surface area contributed by atoms with E-state index < -0.39 is 0 Å². The molecule has 1 unspecified atom stereocenters. The first-order chi connectivity index (χ1) is 10.2. The van der Waals surface area contributed by atoms with Crippen molar-refractivity contribution in [3.8, 4) is 5.75 Å². The summed E-state index contributed by atoms with van der Waals surface area (Å²) in [6, 6.07) is 8.33. The summed E-state index contributed by atoms with van der Waals surface area (Å²) in [6.07, 6.45) is 7.41. The molecule has 1 aromatic rings. The zero-order valence-electron chi connectivity index (χ0n) is 13.6. The van der Waals surface area contributed by atoms with Gasteiger partial charge in [0.15, 0.2) is 0 Å². The molecule has 0 amide bonds. The van der Waals surface area contributed by atoms with Crippen LogP contribution in [0.4, 0.5) is 0 Å². The van der Waals surface area contributed by atoms with Crippen molar-refractivity contribution in [1.29, 1.82) is 0 Å². The van der Waals surface area contributed by atoms with Crippen LogP contribution in [0, 0.1) is 0 Å². The molecule has 1 saturated heterocycles. The quantitative estimate of drug-likeness (QED) is 0.835. The third kappa shape index (κ3) is 4.45. The van der Waals surface area contributed by atoms with Gasteiger partial charge in [-0.2, -0.15) is 0 Å². The van der Waals surface area contributed by atoms with Crippen molar-refractivity contribution in [3.05, 3.63) is 29.8 Å². The van der Waals surface area contributed by atoms with Crippen LogP contribution in [0.1, 0.15) is 51.0 Å². The molecule has 1 aliphatic heterocycles. The summed E-state index contributed by atoms with van der Waals surface area (Å²) >= 11 is 0. The normalized spacial score (nSPS) is 19.2. The number of nitrogens with zero attached hydrogens (tertiary/aromatic N) is 1. The van der Waals surface area contributed by atoms with Crippen molar-refractivity contribution in [3.63, 3.8) is 0 Å². The number of ether oxygens (including phenoxy) is 1. The number of hydrogen-bond donors (Lipinski definition) is 1. The minimum Gasteiger partial charge on any atom is -0.497 e. The maximum Gasteiger partial charge on any atom is 0.118 e. The highest BCUT2D eigenvalue weighted by Crippen LogP contribution is 2.28. The standard InChI is InChI=1S/C18H30N2O/c1-3-4-12-18(19,15-20-13-6-5-7-14-20)16-8-10-17(21-2)11-9-16/h8-11H,3-7,12-15,19H2,1-2H3. The van der Waals surface area contributed by atoms with Crippen LogP contribution < -0.4 is 10.5 Å². The van der Waals surface area contributed by atoms with Gasteiger partial charge in [0.25, 0.3) is 0 Å². The number of rotatable bonds is 7. The second-order valence-electron chi connectivity index (χ2n) is 6.33. The smallest absolute Gasteiger partial charge is 0.118 e. The highest BCUT2D eigenvalue weighted by Gasteiger charge is 2.29. The van der Waals surface area contributed by atoms with E-state index in [0.717, 1.165) is 18.7 Å². The largest absolute Gasteiger partial charge is 0.497 e. The van der Waals surface area contributed by atoms with Gasteiger partial charge in [-0.15, -0.1) is 0 Å². The minimum absolute atomic E-state index is 0.236. The molecular weight excluding hydrogens is 260 g/mol. The molecule has 2 rings (SSSR count). The van der Waals surface area contributed by atoms with Crippen molar-refractivity contribution in [2.24, 2.45) is 5.73 Å². The molecule has 0 bridgehead atoms. The van der Waals surface area contributed by atoms with Crippen molar-refractivity contribution in [1.82, 2.24) is 4.90 Å². The average molecular weight is 290 g/mol. The van der Waals surface area contributed by atoms with Crippen LogP contribution in [-0.4, -0.2) is 31.6 Å². The van der Waals surface area contributed by atoms with Gasteiger partial charge in [0.05, 0.1) is 12.6 Å². The Morgan fingerprint density at radius 1 is 1.14 bits per heavy atom. The Labute approximate surface area is 129 Å². The van der Waals surface area contributed by atoms with Gasteiger partial charge in [-0.1, -0.05) is 38.3 Å². The van der Waals surface area contributed by atoms with Crippen molar-refractivity contribution >= 4 is 0 Å². The zero-order chi connectivity index (χ0) is 15.1. The molecule has 0 aromatic heterocycles. The molecule has 118 valence electrons. The lowest BCUT2D eigenvalue weighted by atomic mass is 9.85. The maximum absolute atomic E-state index is 6.85. The summed E-state index contributed by atoms with van der Waals surface area (Å²) in [5.74, 6) is 0.898. The molecular formula is C18H30N2O. The second kappa shape index (κ2) is 7.81. The molecule has 0 saturated carbocycles. The number of hydrogen-bond acceptors (Lipinski definition) is 3. The molecule has 1 aromatic carbocycles. The van der Waals surface area contributed by atoms with Crippen LogP contribution in [0.15, 0.2) is 24.3 Å².